The van der Waals surface area contributed by atoms with E-state index in [4.69, 9.17) is 9.84 Å². The van der Waals surface area contributed by atoms with Crippen LogP contribution < -0.4 is 10.6 Å². The third kappa shape index (κ3) is 6.81. The Bertz CT molecular complexity index is 831. The molecule has 3 aliphatic rings. The molecular formula is C26H43N5O3. The van der Waals surface area contributed by atoms with E-state index in [9.17, 15) is 9.59 Å². The first-order valence-electron chi connectivity index (χ1n) is 13.5. The molecule has 1 fully saturated rings. The summed E-state index contributed by atoms with van der Waals surface area (Å²) < 4.78 is 7.58. The minimum Gasteiger partial charge on any atom is -0.381 e. The Morgan fingerprint density at radius 1 is 1.09 bits per heavy atom. The number of aromatic nitrogens is 2. The lowest BCUT2D eigenvalue weighted by atomic mass is 9.91. The summed E-state index contributed by atoms with van der Waals surface area (Å²) in [5.74, 6) is 1.31. The number of ether oxygens (including phenoxy) is 1. The Labute approximate surface area is 204 Å². The van der Waals surface area contributed by atoms with Gasteiger partial charge >= 0.3 is 0 Å². The number of hydrogen-bond acceptors (Lipinski definition) is 5. The molecule has 0 spiro atoms. The minimum atomic E-state index is -0.0719. The summed E-state index contributed by atoms with van der Waals surface area (Å²) in [5.41, 5.74) is 2.78. The molecule has 0 saturated carbocycles. The fraction of sp³-hybridized carbons (Fsp3) is 0.808. The highest BCUT2D eigenvalue weighted by Crippen LogP contribution is 2.26. The molecule has 0 radical (unpaired) electrons. The summed E-state index contributed by atoms with van der Waals surface area (Å²) in [7, 11) is 0. The summed E-state index contributed by atoms with van der Waals surface area (Å²) >= 11 is 0. The minimum absolute atomic E-state index is 0.0719. The molecule has 34 heavy (non-hydrogen) atoms. The molecule has 1 unspecified atom stereocenters. The van der Waals surface area contributed by atoms with Crippen LogP contribution in [0.15, 0.2) is 0 Å². The van der Waals surface area contributed by atoms with E-state index in [0.29, 0.717) is 36.9 Å². The van der Waals surface area contributed by atoms with Gasteiger partial charge in [-0.15, -0.1) is 0 Å². The third-order valence-corrected chi connectivity index (χ3v) is 7.52. The van der Waals surface area contributed by atoms with Gasteiger partial charge in [-0.25, -0.2) is 0 Å². The smallest absolute Gasteiger partial charge is 0.272 e. The van der Waals surface area contributed by atoms with Gasteiger partial charge in [0, 0.05) is 56.6 Å². The van der Waals surface area contributed by atoms with Crippen LogP contribution in [0.5, 0.6) is 0 Å². The van der Waals surface area contributed by atoms with E-state index in [2.05, 4.69) is 34.1 Å². The Balaban J connectivity index is 1.46. The normalized spacial score (nSPS) is 23.8. The second-order valence-corrected chi connectivity index (χ2v) is 10.8. The van der Waals surface area contributed by atoms with Gasteiger partial charge in [0.05, 0.1) is 0 Å². The number of aryl methyl sites for hydroxylation is 1. The Morgan fingerprint density at radius 2 is 1.88 bits per heavy atom. The number of fused-ring (bicyclic) bond motifs is 1. The Morgan fingerprint density at radius 3 is 2.68 bits per heavy atom. The van der Waals surface area contributed by atoms with Crippen LogP contribution in [0.3, 0.4) is 0 Å². The summed E-state index contributed by atoms with van der Waals surface area (Å²) in [6.45, 7) is 10.5. The lowest BCUT2D eigenvalue weighted by molar-refractivity contribution is -0.122. The maximum Gasteiger partial charge on any atom is 0.272 e. The third-order valence-electron chi connectivity index (χ3n) is 7.52. The van der Waals surface area contributed by atoms with Gasteiger partial charge in [-0.05, 0) is 76.3 Å². The largest absolute Gasteiger partial charge is 0.381 e. The van der Waals surface area contributed by atoms with Gasteiger partial charge in [-0.2, -0.15) is 5.10 Å². The number of nitrogens with zero attached hydrogens (tertiary/aromatic N) is 3. The van der Waals surface area contributed by atoms with Crippen LogP contribution in [0.2, 0.25) is 0 Å². The zero-order valence-electron chi connectivity index (χ0n) is 21.1. The molecule has 190 valence electrons. The van der Waals surface area contributed by atoms with Crippen LogP contribution in [-0.4, -0.2) is 71.9 Å². The quantitative estimate of drug-likeness (QED) is 0.686. The number of carbonyl (C=O) groups is 2. The van der Waals surface area contributed by atoms with Crippen molar-refractivity contribution < 1.29 is 14.3 Å². The lowest BCUT2D eigenvalue weighted by Gasteiger charge is -2.30. The molecule has 1 aromatic rings. The molecule has 2 bridgehead atoms. The van der Waals surface area contributed by atoms with E-state index in [0.717, 1.165) is 89.9 Å². The number of nitrogens with one attached hydrogen (secondary N) is 2. The molecule has 1 aliphatic carbocycles. The van der Waals surface area contributed by atoms with Crippen LogP contribution in [0.4, 0.5) is 0 Å². The van der Waals surface area contributed by atoms with Crippen LogP contribution in [0.25, 0.3) is 0 Å². The number of rotatable bonds is 5. The van der Waals surface area contributed by atoms with Gasteiger partial charge in [0.15, 0.2) is 5.69 Å². The van der Waals surface area contributed by atoms with E-state index >= 15 is 0 Å². The van der Waals surface area contributed by atoms with Crippen LogP contribution in [-0.2, 0) is 28.9 Å². The summed E-state index contributed by atoms with van der Waals surface area (Å²) in [6.07, 6.45) is 8.06. The van der Waals surface area contributed by atoms with Crippen molar-refractivity contribution in [3.8, 4) is 0 Å². The second-order valence-electron chi connectivity index (χ2n) is 10.8. The van der Waals surface area contributed by atoms with Crippen molar-refractivity contribution in [1.29, 1.82) is 0 Å². The number of carbonyl (C=O) groups excluding carboxylic acids is 2. The molecule has 2 aliphatic heterocycles. The van der Waals surface area contributed by atoms with Crippen LogP contribution in [0, 0.1) is 11.8 Å². The molecule has 1 aromatic heterocycles. The summed E-state index contributed by atoms with van der Waals surface area (Å²) in [4.78, 5) is 28.3. The Hall–Kier alpha value is -1.93. The monoisotopic (exact) mass is 473 g/mol. The highest BCUT2D eigenvalue weighted by molar-refractivity contribution is 5.94. The van der Waals surface area contributed by atoms with Crippen molar-refractivity contribution in [1.82, 2.24) is 25.3 Å². The van der Waals surface area contributed by atoms with Crippen molar-refractivity contribution in [3.63, 3.8) is 0 Å². The molecule has 8 nitrogen and oxygen atoms in total. The molecule has 0 aromatic carbocycles. The zero-order valence-corrected chi connectivity index (χ0v) is 21.1. The first kappa shape index (κ1) is 25.2. The fourth-order valence-corrected chi connectivity index (χ4v) is 5.50. The van der Waals surface area contributed by atoms with Gasteiger partial charge < -0.3 is 20.3 Å². The topological polar surface area (TPSA) is 88.5 Å². The van der Waals surface area contributed by atoms with Crippen molar-refractivity contribution >= 4 is 11.8 Å². The van der Waals surface area contributed by atoms with E-state index in [1.54, 1.807) is 0 Å². The molecule has 2 N–H and O–H groups in total. The maximum absolute atomic E-state index is 13.1. The SMILES string of the molecule is CC(C)CCn1nc2c3c1CCC(C3)NC(=O)CCCN(CC1CCOCC1)CCCNC2=O. The van der Waals surface area contributed by atoms with Gasteiger partial charge in [0.1, 0.15) is 0 Å². The lowest BCUT2D eigenvalue weighted by Crippen LogP contribution is -2.39. The van der Waals surface area contributed by atoms with Crippen LogP contribution >= 0.6 is 0 Å². The van der Waals surface area contributed by atoms with Crippen molar-refractivity contribution in [2.45, 2.75) is 84.2 Å². The molecule has 8 heteroatoms. The van der Waals surface area contributed by atoms with E-state index in [1.165, 1.54) is 5.69 Å². The van der Waals surface area contributed by atoms with Gasteiger partial charge in [-0.3, -0.25) is 14.3 Å². The second kappa shape index (κ2) is 12.2. The van der Waals surface area contributed by atoms with E-state index in [1.807, 2.05) is 0 Å². The summed E-state index contributed by atoms with van der Waals surface area (Å²) in [6, 6.07) is 0.0813. The predicted molar refractivity (Wildman–Crippen MR) is 132 cm³/mol. The Kier molecular flexibility index (Phi) is 9.00. The highest BCUT2D eigenvalue weighted by Gasteiger charge is 2.30. The van der Waals surface area contributed by atoms with E-state index < -0.39 is 0 Å². The average molecular weight is 474 g/mol. The van der Waals surface area contributed by atoms with E-state index in [-0.39, 0.29) is 17.9 Å². The standard InChI is InChI=1S/C26H43N5O3/c1-19(2)8-14-31-23-7-6-21-17-22(23)25(29-31)26(33)27-11-4-13-30(12-3-5-24(32)28-21)18-20-9-15-34-16-10-20/h19-21H,3-18H2,1-2H3,(H,27,33)(H,28,32). The van der Waals surface area contributed by atoms with Gasteiger partial charge in [0.2, 0.25) is 5.91 Å². The first-order chi connectivity index (χ1) is 16.5. The predicted octanol–water partition coefficient (Wildman–Crippen LogP) is 2.55. The maximum atomic E-state index is 13.1. The van der Waals surface area contributed by atoms with Crippen LogP contribution in [0.1, 0.15) is 80.5 Å². The molecule has 4 rings (SSSR count). The summed E-state index contributed by atoms with van der Waals surface area (Å²) in [5, 5.41) is 11.2. The van der Waals surface area contributed by atoms with Crippen molar-refractivity contribution in [2.75, 3.05) is 39.4 Å². The highest BCUT2D eigenvalue weighted by atomic mass is 16.5. The van der Waals surface area contributed by atoms with Gasteiger partial charge in [-0.1, -0.05) is 13.8 Å². The first-order valence-corrected chi connectivity index (χ1v) is 13.5. The number of amides is 2. The number of hydrogen-bond donors (Lipinski definition) is 2. The molecule has 2 amide bonds. The zero-order chi connectivity index (χ0) is 23.9. The molecule has 1 saturated heterocycles. The van der Waals surface area contributed by atoms with Crippen molar-refractivity contribution in [3.05, 3.63) is 17.0 Å². The molecular weight excluding hydrogens is 430 g/mol. The van der Waals surface area contributed by atoms with Crippen molar-refractivity contribution in [2.24, 2.45) is 11.8 Å². The van der Waals surface area contributed by atoms with Gasteiger partial charge in [0.25, 0.3) is 5.91 Å². The molecule has 3 heterocycles. The molecule has 1 atom stereocenters. The fourth-order valence-electron chi connectivity index (χ4n) is 5.50. The average Bonchev–Trinajstić information content (AvgIpc) is 3.18.